The molecule has 12 heteroatoms. The predicted octanol–water partition coefficient (Wildman–Crippen LogP) is 4.87. The summed E-state index contributed by atoms with van der Waals surface area (Å²) in [6, 6.07) is 12.6. The van der Waals surface area contributed by atoms with E-state index in [4.69, 9.17) is 14.7 Å². The van der Waals surface area contributed by atoms with Crippen LogP contribution in [-0.2, 0) is 0 Å². The number of nitrogens with one attached hydrogen (secondary N) is 4. The highest BCUT2D eigenvalue weighted by Gasteiger charge is 2.19. The molecule has 1 aliphatic rings. The van der Waals surface area contributed by atoms with Gasteiger partial charge in [-0.2, -0.15) is 5.10 Å². The van der Waals surface area contributed by atoms with Crippen LogP contribution in [0.4, 0.5) is 10.1 Å². The van der Waals surface area contributed by atoms with Crippen LogP contribution in [0.15, 0.2) is 61.1 Å². The molecule has 0 atom stereocenters. The first-order chi connectivity index (χ1) is 21.5. The summed E-state index contributed by atoms with van der Waals surface area (Å²) in [7, 11) is 4.00. The van der Waals surface area contributed by atoms with Gasteiger partial charge < -0.3 is 25.3 Å². The number of rotatable bonds is 9. The Morgan fingerprint density at radius 3 is 2.75 bits per heavy atom. The van der Waals surface area contributed by atoms with E-state index in [0.717, 1.165) is 60.6 Å². The monoisotopic (exact) mass is 592 g/mol. The SMILES string of the molecule is CN(C)CCNc1cc(F)cc(-c2ccnc3[nH]c(-c4n[nH]c5ccc(-c6cncc(OC7CCNCC7)c6)nc45)nc23)c1. The highest BCUT2D eigenvalue weighted by atomic mass is 19.1. The van der Waals surface area contributed by atoms with Crippen LogP contribution >= 0.6 is 0 Å². The fourth-order valence-electron chi connectivity index (χ4n) is 5.48. The summed E-state index contributed by atoms with van der Waals surface area (Å²) in [6.45, 7) is 3.43. The first-order valence-electron chi connectivity index (χ1n) is 14.7. The number of halogens is 1. The van der Waals surface area contributed by atoms with Crippen molar-refractivity contribution in [2.75, 3.05) is 45.6 Å². The summed E-state index contributed by atoms with van der Waals surface area (Å²) in [5.74, 6) is 0.913. The van der Waals surface area contributed by atoms with E-state index in [-0.39, 0.29) is 11.9 Å². The topological polar surface area (TPSA) is 133 Å². The van der Waals surface area contributed by atoms with Crippen LogP contribution < -0.4 is 15.4 Å². The van der Waals surface area contributed by atoms with Crippen LogP contribution in [0.5, 0.6) is 5.75 Å². The molecule has 0 saturated carbocycles. The summed E-state index contributed by atoms with van der Waals surface area (Å²) >= 11 is 0. The van der Waals surface area contributed by atoms with Gasteiger partial charge in [-0.1, -0.05) is 0 Å². The van der Waals surface area contributed by atoms with Crippen LogP contribution in [0.2, 0.25) is 0 Å². The zero-order chi connectivity index (χ0) is 30.0. The van der Waals surface area contributed by atoms with Crippen LogP contribution in [-0.4, -0.2) is 86.4 Å². The van der Waals surface area contributed by atoms with Crippen molar-refractivity contribution in [1.82, 2.24) is 45.3 Å². The van der Waals surface area contributed by atoms with E-state index in [0.29, 0.717) is 46.0 Å². The minimum absolute atomic E-state index is 0.175. The Balaban J connectivity index is 1.21. The Morgan fingerprint density at radius 1 is 1.00 bits per heavy atom. The molecule has 0 spiro atoms. The van der Waals surface area contributed by atoms with E-state index in [1.165, 1.54) is 12.1 Å². The van der Waals surface area contributed by atoms with Crippen LogP contribution in [0.25, 0.3) is 56.1 Å². The quantitative estimate of drug-likeness (QED) is 0.186. The molecular weight excluding hydrogens is 559 g/mol. The number of piperidine rings is 1. The molecule has 0 radical (unpaired) electrons. The first kappa shape index (κ1) is 27.9. The van der Waals surface area contributed by atoms with Gasteiger partial charge in [-0.25, -0.2) is 19.3 Å². The molecule has 1 fully saturated rings. The fraction of sp³-hybridized carbons (Fsp3) is 0.281. The standard InChI is InChI=1S/C32H33FN10O/c1-43(2)12-11-36-22-14-19(13-21(33)16-22)25-7-10-37-31-28(25)39-32(40-31)30-29-27(41-42-30)4-3-26(38-29)20-15-24(18-35-17-20)44-23-5-8-34-9-6-23/h3-4,7,10,13-18,23,34,36H,5-6,8-9,11-12H2,1-2H3,(H,41,42)(H,37,39,40). The van der Waals surface area contributed by atoms with E-state index < -0.39 is 0 Å². The molecule has 11 nitrogen and oxygen atoms in total. The number of aromatic nitrogens is 7. The Morgan fingerprint density at radius 2 is 1.89 bits per heavy atom. The zero-order valence-corrected chi connectivity index (χ0v) is 24.6. The maximum atomic E-state index is 14.7. The van der Waals surface area contributed by atoms with E-state index in [1.807, 2.05) is 44.4 Å². The Hall–Kier alpha value is -4.94. The van der Waals surface area contributed by atoms with Gasteiger partial charge in [0.15, 0.2) is 17.2 Å². The van der Waals surface area contributed by atoms with Crippen molar-refractivity contribution in [1.29, 1.82) is 0 Å². The molecule has 1 saturated heterocycles. The van der Waals surface area contributed by atoms with Gasteiger partial charge in [-0.3, -0.25) is 10.1 Å². The van der Waals surface area contributed by atoms with E-state index >= 15 is 0 Å². The summed E-state index contributed by atoms with van der Waals surface area (Å²) in [5.41, 5.74) is 6.94. The second kappa shape index (κ2) is 12.0. The lowest BCUT2D eigenvalue weighted by atomic mass is 10.0. The van der Waals surface area contributed by atoms with Crippen molar-refractivity contribution in [3.8, 4) is 39.7 Å². The molecule has 7 rings (SSSR count). The van der Waals surface area contributed by atoms with Crippen LogP contribution in [0, 0.1) is 5.82 Å². The maximum absolute atomic E-state index is 14.7. The molecular formula is C32H33FN10O. The summed E-state index contributed by atoms with van der Waals surface area (Å²) in [4.78, 5) is 24.1. The average Bonchev–Trinajstić information content (AvgIpc) is 3.65. The summed E-state index contributed by atoms with van der Waals surface area (Å²) in [5, 5.41) is 14.3. The molecule has 0 aliphatic carbocycles. The fourth-order valence-corrected chi connectivity index (χ4v) is 5.48. The average molecular weight is 593 g/mol. The third-order valence-electron chi connectivity index (χ3n) is 7.71. The lowest BCUT2D eigenvalue weighted by Gasteiger charge is -2.23. The number of nitrogens with zero attached hydrogens (tertiary/aromatic N) is 6. The van der Waals surface area contributed by atoms with E-state index in [1.54, 1.807) is 18.6 Å². The van der Waals surface area contributed by atoms with Crippen molar-refractivity contribution in [3.05, 3.63) is 66.9 Å². The summed E-state index contributed by atoms with van der Waals surface area (Å²) in [6.07, 6.45) is 7.32. The highest BCUT2D eigenvalue weighted by Crippen LogP contribution is 2.33. The number of hydrogen-bond acceptors (Lipinski definition) is 9. The van der Waals surface area contributed by atoms with Gasteiger partial charge in [0.1, 0.15) is 28.7 Å². The summed E-state index contributed by atoms with van der Waals surface area (Å²) < 4.78 is 20.9. The van der Waals surface area contributed by atoms with Crippen molar-refractivity contribution in [2.45, 2.75) is 18.9 Å². The van der Waals surface area contributed by atoms with Gasteiger partial charge in [0.2, 0.25) is 0 Å². The van der Waals surface area contributed by atoms with Crippen molar-refractivity contribution in [2.24, 2.45) is 0 Å². The number of anilines is 1. The molecule has 6 heterocycles. The molecule has 0 unspecified atom stereocenters. The van der Waals surface area contributed by atoms with Gasteiger partial charge in [0.25, 0.3) is 0 Å². The van der Waals surface area contributed by atoms with Gasteiger partial charge in [0, 0.05) is 42.3 Å². The van der Waals surface area contributed by atoms with E-state index in [9.17, 15) is 4.39 Å². The highest BCUT2D eigenvalue weighted by molar-refractivity contribution is 5.95. The van der Waals surface area contributed by atoms with Crippen molar-refractivity contribution in [3.63, 3.8) is 0 Å². The molecule has 5 aromatic heterocycles. The van der Waals surface area contributed by atoms with Gasteiger partial charge in [-0.05, 0) is 88.1 Å². The van der Waals surface area contributed by atoms with Gasteiger partial charge in [-0.15, -0.1) is 0 Å². The minimum Gasteiger partial charge on any atom is -0.489 e. The lowest BCUT2D eigenvalue weighted by molar-refractivity contribution is 0.162. The van der Waals surface area contributed by atoms with Crippen molar-refractivity contribution < 1.29 is 9.13 Å². The zero-order valence-electron chi connectivity index (χ0n) is 24.6. The third-order valence-corrected chi connectivity index (χ3v) is 7.71. The third kappa shape index (κ3) is 5.81. The van der Waals surface area contributed by atoms with E-state index in [2.05, 4.69) is 40.7 Å². The number of likely N-dealkylation sites (N-methyl/N-ethyl adjacent to an activating group) is 1. The number of imidazole rings is 1. The predicted molar refractivity (Wildman–Crippen MR) is 169 cm³/mol. The Bertz CT molecular complexity index is 1930. The molecule has 0 bridgehead atoms. The number of ether oxygens (including phenoxy) is 1. The molecule has 6 aromatic rings. The Kier molecular flexibility index (Phi) is 7.59. The minimum atomic E-state index is -0.328. The second-order valence-corrected chi connectivity index (χ2v) is 11.2. The lowest BCUT2D eigenvalue weighted by Crippen LogP contribution is -2.34. The number of benzene rings is 1. The normalized spacial score (nSPS) is 14.1. The smallest absolute Gasteiger partial charge is 0.162 e. The van der Waals surface area contributed by atoms with Crippen LogP contribution in [0.1, 0.15) is 12.8 Å². The van der Waals surface area contributed by atoms with Gasteiger partial charge in [0.05, 0.1) is 17.4 Å². The Labute approximate surface area is 253 Å². The maximum Gasteiger partial charge on any atom is 0.162 e. The molecule has 1 aliphatic heterocycles. The number of hydrogen-bond donors (Lipinski definition) is 4. The van der Waals surface area contributed by atoms with Gasteiger partial charge >= 0.3 is 0 Å². The largest absolute Gasteiger partial charge is 0.489 e. The molecule has 224 valence electrons. The first-order valence-corrected chi connectivity index (χ1v) is 14.7. The molecule has 4 N–H and O–H groups in total. The van der Waals surface area contributed by atoms with Crippen LogP contribution in [0.3, 0.4) is 0 Å². The second-order valence-electron chi connectivity index (χ2n) is 11.2. The molecule has 44 heavy (non-hydrogen) atoms. The number of fused-ring (bicyclic) bond motifs is 2. The molecule has 0 amide bonds. The number of aromatic amines is 2. The number of H-pyrrole nitrogens is 2. The van der Waals surface area contributed by atoms with Crippen molar-refractivity contribution >= 4 is 27.9 Å². The molecule has 1 aromatic carbocycles. The number of pyridine rings is 3.